The van der Waals surface area contributed by atoms with Gasteiger partial charge >= 0.3 is 0 Å². The third-order valence-electron chi connectivity index (χ3n) is 4.80. The molecule has 0 saturated carbocycles. The van der Waals surface area contributed by atoms with E-state index in [1.807, 2.05) is 36.4 Å². The van der Waals surface area contributed by atoms with Crippen molar-refractivity contribution in [2.75, 3.05) is 0 Å². The zero-order valence-electron chi connectivity index (χ0n) is 13.3. The van der Waals surface area contributed by atoms with Gasteiger partial charge in [-0.25, -0.2) is 0 Å². The first-order chi connectivity index (χ1) is 12.0. The SMILES string of the molecule is N[C@@H]1c2onc(OCc3ccccc3)c2C(=O)[C@@]2(O)C[C@@H](Br)C=C[C@@H]12. The van der Waals surface area contributed by atoms with Crippen molar-refractivity contribution in [2.45, 2.75) is 29.5 Å². The van der Waals surface area contributed by atoms with Crippen LogP contribution in [0.1, 0.15) is 34.1 Å². The fourth-order valence-corrected chi connectivity index (χ4v) is 4.16. The van der Waals surface area contributed by atoms with E-state index in [9.17, 15) is 9.90 Å². The number of hydrogen-bond acceptors (Lipinski definition) is 6. The first-order valence-electron chi connectivity index (χ1n) is 8.02. The Labute approximate surface area is 152 Å². The number of allylic oxidation sites excluding steroid dienone is 1. The molecule has 7 heteroatoms. The zero-order chi connectivity index (χ0) is 17.6. The Kier molecular flexibility index (Phi) is 4.02. The summed E-state index contributed by atoms with van der Waals surface area (Å²) in [6.07, 6.45) is 3.89. The number of ether oxygens (including phenoxy) is 1. The van der Waals surface area contributed by atoms with Crippen LogP contribution < -0.4 is 10.5 Å². The number of halogens is 1. The first-order valence-corrected chi connectivity index (χ1v) is 8.93. The number of aromatic nitrogens is 1. The van der Waals surface area contributed by atoms with E-state index < -0.39 is 23.3 Å². The lowest BCUT2D eigenvalue weighted by Crippen LogP contribution is -2.55. The van der Waals surface area contributed by atoms with E-state index in [0.717, 1.165) is 5.56 Å². The monoisotopic (exact) mass is 404 g/mol. The van der Waals surface area contributed by atoms with Crippen LogP contribution in [0.15, 0.2) is 47.0 Å². The lowest BCUT2D eigenvalue weighted by Gasteiger charge is -2.42. The average Bonchev–Trinajstić information content (AvgIpc) is 3.03. The van der Waals surface area contributed by atoms with Crippen LogP contribution in [-0.2, 0) is 6.61 Å². The molecule has 3 N–H and O–H groups in total. The second-order valence-corrected chi connectivity index (χ2v) is 7.59. The van der Waals surface area contributed by atoms with E-state index in [1.54, 1.807) is 6.08 Å². The predicted octanol–water partition coefficient (Wildman–Crippen LogP) is 2.52. The molecular weight excluding hydrogens is 388 g/mol. The van der Waals surface area contributed by atoms with Gasteiger partial charge in [0.15, 0.2) is 5.76 Å². The predicted molar refractivity (Wildman–Crippen MR) is 93.4 cm³/mol. The summed E-state index contributed by atoms with van der Waals surface area (Å²) in [6.45, 7) is 0.241. The number of carbonyl (C=O) groups excluding carboxylic acids is 1. The first kappa shape index (κ1) is 16.5. The highest BCUT2D eigenvalue weighted by molar-refractivity contribution is 9.09. The highest BCUT2D eigenvalue weighted by atomic mass is 79.9. The van der Waals surface area contributed by atoms with E-state index >= 15 is 0 Å². The number of alkyl halides is 1. The van der Waals surface area contributed by atoms with E-state index in [-0.39, 0.29) is 35.1 Å². The lowest BCUT2D eigenvalue weighted by molar-refractivity contribution is -0.0118. The van der Waals surface area contributed by atoms with Crippen LogP contribution in [0.5, 0.6) is 5.88 Å². The molecule has 0 fully saturated rings. The van der Waals surface area contributed by atoms with Gasteiger partial charge < -0.3 is 20.1 Å². The van der Waals surface area contributed by atoms with E-state index in [0.29, 0.717) is 0 Å². The number of fused-ring (bicyclic) bond motifs is 2. The molecule has 130 valence electrons. The van der Waals surface area contributed by atoms with Crippen molar-refractivity contribution in [3.63, 3.8) is 0 Å². The van der Waals surface area contributed by atoms with Gasteiger partial charge in [-0.05, 0) is 10.7 Å². The molecule has 1 aromatic carbocycles. The number of hydrogen-bond donors (Lipinski definition) is 2. The van der Waals surface area contributed by atoms with Crippen LogP contribution in [0, 0.1) is 5.92 Å². The summed E-state index contributed by atoms with van der Waals surface area (Å²) in [6, 6.07) is 8.87. The third kappa shape index (κ3) is 2.63. The van der Waals surface area contributed by atoms with Gasteiger partial charge in [0.25, 0.3) is 5.88 Å². The molecule has 4 atom stereocenters. The topological polar surface area (TPSA) is 98.6 Å². The normalized spacial score (nSPS) is 30.7. The van der Waals surface area contributed by atoms with Crippen molar-refractivity contribution < 1.29 is 19.2 Å². The number of benzene rings is 1. The molecule has 4 rings (SSSR count). The fourth-order valence-electron chi connectivity index (χ4n) is 3.49. The number of ketones is 1. The summed E-state index contributed by atoms with van der Waals surface area (Å²) in [5.74, 6) is -0.657. The number of nitrogens with zero attached hydrogens (tertiary/aromatic N) is 1. The molecule has 2 aromatic rings. The zero-order valence-corrected chi connectivity index (χ0v) is 14.8. The molecule has 0 spiro atoms. The number of rotatable bonds is 3. The second-order valence-electron chi connectivity index (χ2n) is 6.41. The van der Waals surface area contributed by atoms with Gasteiger partial charge in [0, 0.05) is 17.2 Å². The maximum absolute atomic E-state index is 13.0. The summed E-state index contributed by atoms with van der Waals surface area (Å²) in [5, 5.41) is 14.9. The molecule has 0 radical (unpaired) electrons. The van der Waals surface area contributed by atoms with Gasteiger partial charge in [0.2, 0.25) is 5.78 Å². The molecule has 0 aliphatic heterocycles. The lowest BCUT2D eigenvalue weighted by atomic mass is 9.67. The van der Waals surface area contributed by atoms with Crippen molar-refractivity contribution >= 4 is 21.7 Å². The number of Topliss-reactive ketones (excluding diaryl/α,β-unsaturated/α-hetero) is 1. The highest BCUT2D eigenvalue weighted by Gasteiger charge is 2.56. The second kappa shape index (κ2) is 6.09. The molecular formula is C18H17BrN2O4. The van der Waals surface area contributed by atoms with E-state index in [4.69, 9.17) is 15.0 Å². The Morgan fingerprint density at radius 1 is 1.36 bits per heavy atom. The Bertz CT molecular complexity index is 835. The minimum atomic E-state index is -1.59. The van der Waals surface area contributed by atoms with Crippen LogP contribution in [0.2, 0.25) is 0 Å². The van der Waals surface area contributed by atoms with Crippen LogP contribution in [-0.4, -0.2) is 26.5 Å². The number of nitrogens with two attached hydrogens (primary N) is 1. The molecule has 2 aliphatic rings. The highest BCUT2D eigenvalue weighted by Crippen LogP contribution is 2.48. The summed E-state index contributed by atoms with van der Waals surface area (Å²) < 4.78 is 11.0. The van der Waals surface area contributed by atoms with Crippen molar-refractivity contribution in [2.24, 2.45) is 11.7 Å². The summed E-state index contributed by atoms with van der Waals surface area (Å²) in [7, 11) is 0. The maximum atomic E-state index is 13.0. The summed E-state index contributed by atoms with van der Waals surface area (Å²) in [5.41, 5.74) is 5.74. The molecule has 0 amide bonds. The number of carbonyl (C=O) groups is 1. The van der Waals surface area contributed by atoms with E-state index in [2.05, 4.69) is 21.1 Å². The largest absolute Gasteiger partial charge is 0.470 e. The van der Waals surface area contributed by atoms with Crippen molar-refractivity contribution in [1.29, 1.82) is 0 Å². The Morgan fingerprint density at radius 2 is 2.12 bits per heavy atom. The van der Waals surface area contributed by atoms with Gasteiger partial charge in [-0.3, -0.25) is 4.79 Å². The van der Waals surface area contributed by atoms with Gasteiger partial charge in [-0.1, -0.05) is 58.4 Å². The van der Waals surface area contributed by atoms with E-state index in [1.165, 1.54) is 0 Å². The Balaban J connectivity index is 1.68. The molecule has 0 saturated heterocycles. The summed E-state index contributed by atoms with van der Waals surface area (Å²) >= 11 is 3.43. The molecule has 2 aliphatic carbocycles. The van der Waals surface area contributed by atoms with Crippen LogP contribution in [0.25, 0.3) is 0 Å². The van der Waals surface area contributed by atoms with Crippen molar-refractivity contribution in [1.82, 2.24) is 5.16 Å². The van der Waals surface area contributed by atoms with Crippen molar-refractivity contribution in [3.05, 3.63) is 59.4 Å². The third-order valence-corrected chi connectivity index (χ3v) is 5.43. The minimum Gasteiger partial charge on any atom is -0.470 e. The Morgan fingerprint density at radius 3 is 2.88 bits per heavy atom. The van der Waals surface area contributed by atoms with Crippen molar-refractivity contribution in [3.8, 4) is 5.88 Å². The van der Waals surface area contributed by atoms with Crippen LogP contribution >= 0.6 is 15.9 Å². The molecule has 25 heavy (non-hydrogen) atoms. The smallest absolute Gasteiger partial charge is 0.265 e. The molecule has 0 bridgehead atoms. The summed E-state index contributed by atoms with van der Waals surface area (Å²) in [4.78, 5) is 12.9. The maximum Gasteiger partial charge on any atom is 0.265 e. The minimum absolute atomic E-state index is 0.0758. The van der Waals surface area contributed by atoms with Crippen LogP contribution in [0.4, 0.5) is 0 Å². The van der Waals surface area contributed by atoms with Gasteiger partial charge in [0.05, 0.1) is 6.04 Å². The number of aliphatic hydroxyl groups is 1. The van der Waals surface area contributed by atoms with Gasteiger partial charge in [-0.15, -0.1) is 0 Å². The quantitative estimate of drug-likeness (QED) is 0.602. The average molecular weight is 405 g/mol. The standard InChI is InChI=1S/C18H17BrN2O4/c19-11-6-7-12-14(20)15-13(16(22)18(12,23)8-11)17(21-25-15)24-9-10-4-2-1-3-5-10/h1-7,11-12,14,23H,8-9,20H2/t11-,12-,14-,18+/m0/s1. The molecule has 6 nitrogen and oxygen atoms in total. The van der Waals surface area contributed by atoms with Gasteiger partial charge in [0.1, 0.15) is 17.8 Å². The molecule has 1 aromatic heterocycles. The van der Waals surface area contributed by atoms with Crippen LogP contribution in [0.3, 0.4) is 0 Å². The molecule has 1 heterocycles. The fraction of sp³-hybridized carbons (Fsp3) is 0.333. The van der Waals surface area contributed by atoms with Gasteiger partial charge in [-0.2, -0.15) is 0 Å². The molecule has 0 unspecified atom stereocenters. The Hall–Kier alpha value is -1.96.